The molecule has 1 atom stereocenters. The van der Waals surface area contributed by atoms with Gasteiger partial charge in [-0.1, -0.05) is 18.2 Å². The van der Waals surface area contributed by atoms with E-state index in [4.69, 9.17) is 5.10 Å². The van der Waals surface area contributed by atoms with Crippen LogP contribution in [0.15, 0.2) is 42.6 Å². The lowest BCUT2D eigenvalue weighted by atomic mass is 9.82. The summed E-state index contributed by atoms with van der Waals surface area (Å²) in [5.74, 6) is 0. The number of aryl methyl sites for hydroxylation is 1. The number of carbonyl (C=O) groups excluding carboxylic acids is 1. The molecular formula is C22H25N5O. The number of aromatic nitrogens is 3. The van der Waals surface area contributed by atoms with E-state index in [1.165, 1.54) is 5.69 Å². The van der Waals surface area contributed by atoms with Crippen molar-refractivity contribution in [2.24, 2.45) is 0 Å². The first kappa shape index (κ1) is 17.2. The van der Waals surface area contributed by atoms with Gasteiger partial charge in [0.05, 0.1) is 11.2 Å². The lowest BCUT2D eigenvalue weighted by Crippen LogP contribution is -2.43. The third-order valence-electron chi connectivity index (χ3n) is 6.06. The van der Waals surface area contributed by atoms with Crippen molar-refractivity contribution in [2.75, 3.05) is 13.1 Å². The van der Waals surface area contributed by atoms with Gasteiger partial charge in [0, 0.05) is 53.9 Å². The van der Waals surface area contributed by atoms with Crippen molar-refractivity contribution < 1.29 is 4.79 Å². The molecule has 2 aromatic heterocycles. The molecule has 0 aliphatic carbocycles. The van der Waals surface area contributed by atoms with E-state index >= 15 is 0 Å². The zero-order valence-electron chi connectivity index (χ0n) is 16.4. The molecular weight excluding hydrogens is 350 g/mol. The van der Waals surface area contributed by atoms with Crippen LogP contribution in [-0.4, -0.2) is 44.8 Å². The summed E-state index contributed by atoms with van der Waals surface area (Å²) in [5, 5.41) is 9.01. The lowest BCUT2D eigenvalue weighted by molar-refractivity contribution is 0.203. The Morgan fingerprint density at radius 1 is 1.18 bits per heavy atom. The van der Waals surface area contributed by atoms with Crippen LogP contribution in [0.2, 0.25) is 0 Å². The number of nitrogens with one attached hydrogen (secondary N) is 1. The molecule has 1 fully saturated rings. The molecule has 5 rings (SSSR count). The van der Waals surface area contributed by atoms with E-state index in [9.17, 15) is 4.79 Å². The monoisotopic (exact) mass is 375 g/mol. The van der Waals surface area contributed by atoms with E-state index < -0.39 is 0 Å². The van der Waals surface area contributed by atoms with Gasteiger partial charge in [-0.25, -0.2) is 4.79 Å². The molecule has 1 unspecified atom stereocenters. The second-order valence-electron chi connectivity index (χ2n) is 8.36. The first-order valence-corrected chi connectivity index (χ1v) is 10.0. The third-order valence-corrected chi connectivity index (χ3v) is 6.06. The number of pyridine rings is 1. The SMILES string of the molecule is CC(C)NC(=O)N1CCC2(CCn3nc(-c4cnc5ccccc5c4)cc32)C1. The highest BCUT2D eigenvalue weighted by molar-refractivity contribution is 5.82. The van der Waals surface area contributed by atoms with Gasteiger partial charge in [-0.15, -0.1) is 0 Å². The molecule has 0 radical (unpaired) electrons. The highest BCUT2D eigenvalue weighted by atomic mass is 16.2. The highest BCUT2D eigenvalue weighted by Gasteiger charge is 2.46. The Labute approximate surface area is 164 Å². The smallest absolute Gasteiger partial charge is 0.317 e. The van der Waals surface area contributed by atoms with Gasteiger partial charge in [0.15, 0.2) is 0 Å². The number of hydrogen-bond acceptors (Lipinski definition) is 3. The van der Waals surface area contributed by atoms with E-state index in [1.54, 1.807) is 0 Å². The van der Waals surface area contributed by atoms with Crippen LogP contribution in [0.4, 0.5) is 4.79 Å². The molecule has 1 saturated heterocycles. The van der Waals surface area contributed by atoms with Crippen molar-refractivity contribution in [2.45, 2.75) is 44.7 Å². The molecule has 2 amide bonds. The molecule has 6 nitrogen and oxygen atoms in total. The van der Waals surface area contributed by atoms with E-state index in [2.05, 4.69) is 33.2 Å². The summed E-state index contributed by atoms with van der Waals surface area (Å²) < 4.78 is 2.13. The Morgan fingerprint density at radius 2 is 2.00 bits per heavy atom. The second kappa shape index (κ2) is 6.33. The number of rotatable bonds is 2. The van der Waals surface area contributed by atoms with Crippen LogP contribution in [0.25, 0.3) is 22.2 Å². The molecule has 1 spiro atoms. The van der Waals surface area contributed by atoms with Crippen molar-refractivity contribution in [1.29, 1.82) is 0 Å². The Balaban J connectivity index is 1.44. The number of para-hydroxylation sites is 1. The molecule has 2 aliphatic rings. The first-order valence-electron chi connectivity index (χ1n) is 10.0. The summed E-state index contributed by atoms with van der Waals surface area (Å²) in [7, 11) is 0. The highest BCUT2D eigenvalue weighted by Crippen LogP contribution is 2.43. The lowest BCUT2D eigenvalue weighted by Gasteiger charge is -2.24. The predicted octanol–water partition coefficient (Wildman–Crippen LogP) is 3.56. The summed E-state index contributed by atoms with van der Waals surface area (Å²) >= 11 is 0. The fourth-order valence-corrected chi connectivity index (χ4v) is 4.61. The molecule has 2 aliphatic heterocycles. The summed E-state index contributed by atoms with van der Waals surface area (Å²) in [4.78, 5) is 19.0. The molecule has 3 aromatic rings. The Morgan fingerprint density at radius 3 is 2.86 bits per heavy atom. The second-order valence-corrected chi connectivity index (χ2v) is 8.36. The van der Waals surface area contributed by atoms with Gasteiger partial charge in [-0.2, -0.15) is 5.10 Å². The molecule has 0 saturated carbocycles. The van der Waals surface area contributed by atoms with E-state index in [0.29, 0.717) is 0 Å². The summed E-state index contributed by atoms with van der Waals surface area (Å²) in [6.45, 7) is 6.48. The summed E-state index contributed by atoms with van der Waals surface area (Å²) in [6.07, 6.45) is 3.96. The van der Waals surface area contributed by atoms with Crippen LogP contribution in [0.5, 0.6) is 0 Å². The molecule has 1 aromatic carbocycles. The fraction of sp³-hybridized carbons (Fsp3) is 0.409. The quantitative estimate of drug-likeness (QED) is 0.745. The van der Waals surface area contributed by atoms with E-state index in [0.717, 1.165) is 54.6 Å². The summed E-state index contributed by atoms with van der Waals surface area (Å²) in [6, 6.07) is 12.7. The fourth-order valence-electron chi connectivity index (χ4n) is 4.61. The standard InChI is InChI=1S/C22H25N5O/c1-15(2)24-21(28)26-9-7-22(14-26)8-10-27-20(22)12-19(25-27)17-11-16-5-3-4-6-18(16)23-13-17/h3-6,11-13,15H,7-10,14H2,1-2H3,(H,24,28). The van der Waals surface area contributed by atoms with Crippen LogP contribution >= 0.6 is 0 Å². The number of nitrogens with zero attached hydrogens (tertiary/aromatic N) is 4. The molecule has 4 heterocycles. The average Bonchev–Trinajstić information content (AvgIpc) is 3.38. The van der Waals surface area contributed by atoms with Crippen LogP contribution in [0.1, 0.15) is 32.4 Å². The number of urea groups is 1. The zero-order valence-corrected chi connectivity index (χ0v) is 16.4. The first-order chi connectivity index (χ1) is 13.5. The minimum Gasteiger partial charge on any atom is -0.336 e. The van der Waals surface area contributed by atoms with Crippen molar-refractivity contribution >= 4 is 16.9 Å². The van der Waals surface area contributed by atoms with Gasteiger partial charge < -0.3 is 10.2 Å². The molecule has 144 valence electrons. The topological polar surface area (TPSA) is 63.1 Å². The molecule has 28 heavy (non-hydrogen) atoms. The minimum absolute atomic E-state index is 0.0316. The Kier molecular flexibility index (Phi) is 3.89. The average molecular weight is 375 g/mol. The van der Waals surface area contributed by atoms with Crippen molar-refractivity contribution in [3.63, 3.8) is 0 Å². The maximum absolute atomic E-state index is 12.4. The van der Waals surface area contributed by atoms with Gasteiger partial charge in [0.1, 0.15) is 0 Å². The Bertz CT molecular complexity index is 1060. The Hall–Kier alpha value is -2.89. The van der Waals surface area contributed by atoms with Crippen LogP contribution in [0.3, 0.4) is 0 Å². The summed E-state index contributed by atoms with van der Waals surface area (Å²) in [5.41, 5.74) is 4.30. The zero-order chi connectivity index (χ0) is 19.3. The van der Waals surface area contributed by atoms with Gasteiger partial charge >= 0.3 is 6.03 Å². The predicted molar refractivity (Wildman–Crippen MR) is 109 cm³/mol. The number of carbonyl (C=O) groups is 1. The maximum Gasteiger partial charge on any atom is 0.317 e. The minimum atomic E-state index is 0.0316. The molecule has 1 N–H and O–H groups in total. The number of benzene rings is 1. The molecule has 0 bridgehead atoms. The van der Waals surface area contributed by atoms with Crippen LogP contribution in [0, 0.1) is 0 Å². The third kappa shape index (κ3) is 2.75. The van der Waals surface area contributed by atoms with E-state index in [-0.39, 0.29) is 17.5 Å². The van der Waals surface area contributed by atoms with Crippen molar-refractivity contribution in [3.8, 4) is 11.3 Å². The van der Waals surface area contributed by atoms with Crippen molar-refractivity contribution in [3.05, 3.63) is 48.3 Å². The number of amides is 2. The van der Waals surface area contributed by atoms with Gasteiger partial charge in [-0.05, 0) is 44.9 Å². The number of likely N-dealkylation sites (tertiary alicyclic amines) is 1. The normalized spacial score (nSPS) is 21.0. The van der Waals surface area contributed by atoms with E-state index in [1.807, 2.05) is 43.1 Å². The molecule has 6 heteroatoms. The van der Waals surface area contributed by atoms with Crippen LogP contribution < -0.4 is 5.32 Å². The van der Waals surface area contributed by atoms with Gasteiger partial charge in [0.2, 0.25) is 0 Å². The van der Waals surface area contributed by atoms with Crippen LogP contribution in [-0.2, 0) is 12.0 Å². The maximum atomic E-state index is 12.4. The largest absolute Gasteiger partial charge is 0.336 e. The van der Waals surface area contributed by atoms with Crippen molar-refractivity contribution in [1.82, 2.24) is 25.0 Å². The number of fused-ring (bicyclic) bond motifs is 3. The van der Waals surface area contributed by atoms with Gasteiger partial charge in [0.25, 0.3) is 0 Å². The number of hydrogen-bond donors (Lipinski definition) is 1. The van der Waals surface area contributed by atoms with Gasteiger partial charge in [-0.3, -0.25) is 9.67 Å².